The third-order valence-electron chi connectivity index (χ3n) is 1.81. The molecule has 13 heavy (non-hydrogen) atoms. The van der Waals surface area contributed by atoms with Crippen molar-refractivity contribution in [3.8, 4) is 0 Å². The second-order valence-electron chi connectivity index (χ2n) is 2.65. The summed E-state index contributed by atoms with van der Waals surface area (Å²) < 4.78 is 14.9. The van der Waals surface area contributed by atoms with Crippen LogP contribution in [-0.4, -0.2) is 0 Å². The van der Waals surface area contributed by atoms with Crippen LogP contribution in [0.1, 0.15) is 5.56 Å². The number of halogens is 3. The Bertz CT molecular complexity index is 452. The van der Waals surface area contributed by atoms with Crippen LogP contribution in [0, 0.1) is 5.82 Å². The molecule has 0 N–H and O–H groups in total. The van der Waals surface area contributed by atoms with E-state index in [9.17, 15) is 4.39 Å². The molecule has 0 radical (unpaired) electrons. The van der Waals surface area contributed by atoms with E-state index >= 15 is 0 Å². The highest BCUT2D eigenvalue weighted by Gasteiger charge is 2.09. The maximum Gasteiger partial charge on any atom is 0.156 e. The van der Waals surface area contributed by atoms with Crippen molar-refractivity contribution in [2.75, 3.05) is 0 Å². The Balaban J connectivity index is 2.75. The van der Waals surface area contributed by atoms with E-state index in [1.165, 1.54) is 11.3 Å². The first-order valence-corrected chi connectivity index (χ1v) is 5.79. The molecule has 0 aliphatic rings. The molecule has 0 saturated carbocycles. The monoisotopic (exact) mass is 278 g/mol. The summed E-state index contributed by atoms with van der Waals surface area (Å²) in [7, 11) is 0. The first-order chi connectivity index (χ1) is 6.22. The molecular weight excluding hydrogens is 275 g/mol. The molecule has 0 saturated heterocycles. The van der Waals surface area contributed by atoms with Gasteiger partial charge in [-0.1, -0.05) is 6.07 Å². The minimum absolute atomic E-state index is 0.188. The predicted octanol–water partition coefficient (Wildman–Crippen LogP) is 4.54. The topological polar surface area (TPSA) is 0 Å². The summed E-state index contributed by atoms with van der Waals surface area (Å²) in [6, 6.07) is 5.60. The van der Waals surface area contributed by atoms with Crippen LogP contribution in [0.2, 0.25) is 0 Å². The lowest BCUT2D eigenvalue weighted by atomic mass is 10.2. The summed E-state index contributed by atoms with van der Waals surface area (Å²) in [5.74, 6) is 0.231. The summed E-state index contributed by atoms with van der Waals surface area (Å²) >= 11 is 10.2. The lowest BCUT2D eigenvalue weighted by Crippen LogP contribution is -1.76. The maximum atomic E-state index is 13.4. The van der Waals surface area contributed by atoms with E-state index in [0.29, 0.717) is 15.1 Å². The molecule has 68 valence electrons. The van der Waals surface area contributed by atoms with Gasteiger partial charge in [-0.2, -0.15) is 0 Å². The standard InChI is InChI=1S/C9H5BrClFS/c10-9-8(12)6-3-5(4-11)1-2-7(6)13-9/h1-3H,4H2. The second kappa shape index (κ2) is 3.56. The molecule has 0 unspecified atom stereocenters. The van der Waals surface area contributed by atoms with Crippen LogP contribution in [-0.2, 0) is 5.88 Å². The zero-order chi connectivity index (χ0) is 9.42. The Kier molecular flexibility index (Phi) is 2.58. The van der Waals surface area contributed by atoms with Crippen LogP contribution < -0.4 is 0 Å². The Morgan fingerprint density at radius 2 is 2.23 bits per heavy atom. The molecule has 0 fully saturated rings. The van der Waals surface area contributed by atoms with Gasteiger partial charge in [0, 0.05) is 16.0 Å². The highest BCUT2D eigenvalue weighted by molar-refractivity contribution is 9.11. The number of hydrogen-bond acceptors (Lipinski definition) is 1. The van der Waals surface area contributed by atoms with Crippen LogP contribution in [0.3, 0.4) is 0 Å². The second-order valence-corrected chi connectivity index (χ2v) is 5.29. The predicted molar refractivity (Wildman–Crippen MR) is 59.0 cm³/mol. The van der Waals surface area contributed by atoms with Crippen molar-refractivity contribution in [3.05, 3.63) is 33.4 Å². The van der Waals surface area contributed by atoms with Gasteiger partial charge in [0.2, 0.25) is 0 Å². The maximum absolute atomic E-state index is 13.4. The molecule has 0 bridgehead atoms. The van der Waals surface area contributed by atoms with E-state index in [4.69, 9.17) is 11.6 Å². The number of hydrogen-bond donors (Lipinski definition) is 0. The smallest absolute Gasteiger partial charge is 0.156 e. The summed E-state index contributed by atoms with van der Waals surface area (Å²) in [5, 5.41) is 0.648. The number of alkyl halides is 1. The third kappa shape index (κ3) is 1.60. The van der Waals surface area contributed by atoms with Gasteiger partial charge in [0.05, 0.1) is 0 Å². The number of benzene rings is 1. The average Bonchev–Trinajstić information content (AvgIpc) is 2.43. The Morgan fingerprint density at radius 1 is 1.46 bits per heavy atom. The number of rotatable bonds is 1. The first-order valence-electron chi connectivity index (χ1n) is 3.65. The Hall–Kier alpha value is -0.120. The zero-order valence-corrected chi connectivity index (χ0v) is 9.64. The molecule has 4 heteroatoms. The van der Waals surface area contributed by atoms with Gasteiger partial charge in [-0.3, -0.25) is 0 Å². The van der Waals surface area contributed by atoms with Gasteiger partial charge in [-0.15, -0.1) is 22.9 Å². The van der Waals surface area contributed by atoms with Gasteiger partial charge in [0.25, 0.3) is 0 Å². The highest BCUT2D eigenvalue weighted by atomic mass is 79.9. The summed E-state index contributed by atoms with van der Waals surface area (Å²) in [6.07, 6.45) is 0. The van der Waals surface area contributed by atoms with Crippen molar-refractivity contribution in [3.63, 3.8) is 0 Å². The van der Waals surface area contributed by atoms with E-state index in [1.807, 2.05) is 12.1 Å². The largest absolute Gasteiger partial charge is 0.204 e. The molecule has 2 aromatic rings. The molecule has 0 aliphatic heterocycles. The minimum atomic E-state index is -0.188. The molecule has 1 aromatic heterocycles. The van der Waals surface area contributed by atoms with Gasteiger partial charge in [-0.25, -0.2) is 4.39 Å². The molecule has 0 nitrogen and oxygen atoms in total. The van der Waals surface area contributed by atoms with Crippen molar-refractivity contribution in [2.24, 2.45) is 0 Å². The van der Waals surface area contributed by atoms with Crippen LogP contribution >= 0.6 is 38.9 Å². The minimum Gasteiger partial charge on any atom is -0.204 e. The lowest BCUT2D eigenvalue weighted by Gasteiger charge is -1.94. The van der Waals surface area contributed by atoms with E-state index < -0.39 is 0 Å². The average molecular weight is 280 g/mol. The van der Waals surface area contributed by atoms with Gasteiger partial charge in [-0.05, 0) is 33.6 Å². The number of thiophene rings is 1. The lowest BCUT2D eigenvalue weighted by molar-refractivity contribution is 0.638. The Morgan fingerprint density at radius 3 is 2.92 bits per heavy atom. The van der Waals surface area contributed by atoms with Crippen molar-refractivity contribution >= 4 is 49.0 Å². The first kappa shape index (κ1) is 9.44. The molecular formula is C9H5BrClFS. The highest BCUT2D eigenvalue weighted by Crippen LogP contribution is 2.34. The van der Waals surface area contributed by atoms with E-state index in [0.717, 1.165) is 10.3 Å². The van der Waals surface area contributed by atoms with Crippen molar-refractivity contribution in [1.29, 1.82) is 0 Å². The van der Waals surface area contributed by atoms with Crippen LogP contribution in [0.15, 0.2) is 22.0 Å². The SMILES string of the molecule is Fc1c(Br)sc2ccc(CCl)cc12. The van der Waals surface area contributed by atoms with Crippen LogP contribution in [0.5, 0.6) is 0 Å². The molecule has 0 atom stereocenters. The summed E-state index contributed by atoms with van der Waals surface area (Å²) in [5.41, 5.74) is 0.943. The van der Waals surface area contributed by atoms with Gasteiger partial charge in [0.1, 0.15) is 3.79 Å². The molecule has 0 aliphatic carbocycles. The van der Waals surface area contributed by atoms with Crippen molar-refractivity contribution in [1.82, 2.24) is 0 Å². The summed E-state index contributed by atoms with van der Waals surface area (Å²) in [6.45, 7) is 0. The fourth-order valence-corrected chi connectivity index (χ4v) is 2.86. The summed E-state index contributed by atoms with van der Waals surface area (Å²) in [4.78, 5) is 0. The fourth-order valence-electron chi connectivity index (χ4n) is 1.17. The van der Waals surface area contributed by atoms with Crippen LogP contribution in [0.4, 0.5) is 4.39 Å². The van der Waals surface area contributed by atoms with E-state index in [-0.39, 0.29) is 5.82 Å². The fraction of sp³-hybridized carbons (Fsp3) is 0.111. The van der Waals surface area contributed by atoms with E-state index in [1.54, 1.807) is 6.07 Å². The van der Waals surface area contributed by atoms with Gasteiger partial charge in [0.15, 0.2) is 5.82 Å². The molecule has 1 aromatic carbocycles. The van der Waals surface area contributed by atoms with Crippen molar-refractivity contribution < 1.29 is 4.39 Å². The van der Waals surface area contributed by atoms with Crippen molar-refractivity contribution in [2.45, 2.75) is 5.88 Å². The van der Waals surface area contributed by atoms with Crippen LogP contribution in [0.25, 0.3) is 10.1 Å². The molecule has 2 rings (SSSR count). The molecule has 0 amide bonds. The molecule has 0 spiro atoms. The number of fused-ring (bicyclic) bond motifs is 1. The zero-order valence-electron chi connectivity index (χ0n) is 6.48. The van der Waals surface area contributed by atoms with Gasteiger partial charge >= 0.3 is 0 Å². The molecule has 1 heterocycles. The normalized spacial score (nSPS) is 11.0. The Labute approximate surface area is 92.5 Å². The quantitative estimate of drug-likeness (QED) is 0.672. The van der Waals surface area contributed by atoms with Gasteiger partial charge < -0.3 is 0 Å². The van der Waals surface area contributed by atoms with E-state index in [2.05, 4.69) is 15.9 Å². The third-order valence-corrected chi connectivity index (χ3v) is 3.88.